The molecule has 0 bridgehead atoms. The fourth-order valence-electron chi connectivity index (χ4n) is 4.04. The van der Waals surface area contributed by atoms with E-state index in [4.69, 9.17) is 8.85 Å². The van der Waals surface area contributed by atoms with Gasteiger partial charge in [-0.25, -0.2) is 0 Å². The van der Waals surface area contributed by atoms with Gasteiger partial charge in [-0.3, -0.25) is 0 Å². The van der Waals surface area contributed by atoms with Gasteiger partial charge in [-0.15, -0.1) is 0 Å². The van der Waals surface area contributed by atoms with Crippen molar-refractivity contribution in [1.82, 2.24) is 0 Å². The maximum Gasteiger partial charge on any atom is 0.331 e. The normalized spacial score (nSPS) is 13.1. The molecule has 29 heavy (non-hydrogen) atoms. The zero-order valence-electron chi connectivity index (χ0n) is 21.0. The molecule has 0 aliphatic carbocycles. The van der Waals surface area contributed by atoms with Crippen LogP contribution < -0.4 is 0 Å². The highest BCUT2D eigenvalue weighted by Crippen LogP contribution is 2.16. The first-order chi connectivity index (χ1) is 14.0. The fraction of sp³-hybridized carbons (Fsp3) is 1.00. The molecule has 0 saturated carbocycles. The van der Waals surface area contributed by atoms with Gasteiger partial charge in [0.2, 0.25) is 0 Å². The van der Waals surface area contributed by atoms with Crippen LogP contribution in [0.1, 0.15) is 143 Å². The lowest BCUT2D eigenvalue weighted by Gasteiger charge is -2.27. The Morgan fingerprint density at radius 3 is 1.34 bits per heavy atom. The average molecular weight is 429 g/mol. The summed E-state index contributed by atoms with van der Waals surface area (Å²) < 4.78 is 12.3. The molecule has 0 saturated heterocycles. The van der Waals surface area contributed by atoms with Gasteiger partial charge in [0.15, 0.2) is 0 Å². The Labute approximate surface area is 186 Å². The molecule has 3 heteroatoms. The standard InChI is InChI=1S/C26H56O2Si/c1-6-8-10-11-12-13-14-15-16-17-18-19-20-21-22-23-25-27-29(4,5)28-26(3)24-9-7-2/h26H,6-25H2,1-5H3. The van der Waals surface area contributed by atoms with Gasteiger partial charge >= 0.3 is 8.56 Å². The van der Waals surface area contributed by atoms with Gasteiger partial charge in [-0.1, -0.05) is 123 Å². The van der Waals surface area contributed by atoms with Crippen LogP contribution in [0.5, 0.6) is 0 Å². The average Bonchev–Trinajstić information content (AvgIpc) is 2.68. The van der Waals surface area contributed by atoms with Crippen molar-refractivity contribution in [2.45, 2.75) is 162 Å². The second kappa shape index (κ2) is 21.4. The minimum atomic E-state index is -1.93. The highest BCUT2D eigenvalue weighted by Gasteiger charge is 2.26. The Hall–Kier alpha value is 0.137. The summed E-state index contributed by atoms with van der Waals surface area (Å²) in [4.78, 5) is 0. The molecule has 0 aromatic heterocycles. The van der Waals surface area contributed by atoms with Crippen LogP contribution in [0.15, 0.2) is 0 Å². The fourth-order valence-corrected chi connectivity index (χ4v) is 5.83. The van der Waals surface area contributed by atoms with E-state index in [1.54, 1.807) is 0 Å². The van der Waals surface area contributed by atoms with Gasteiger partial charge < -0.3 is 8.85 Å². The quantitative estimate of drug-likeness (QED) is 0.119. The predicted molar refractivity (Wildman–Crippen MR) is 133 cm³/mol. The second-order valence-corrected chi connectivity index (χ2v) is 12.9. The van der Waals surface area contributed by atoms with Crippen LogP contribution in [0, 0.1) is 0 Å². The zero-order valence-corrected chi connectivity index (χ0v) is 22.0. The van der Waals surface area contributed by atoms with Crippen LogP contribution >= 0.6 is 0 Å². The molecule has 0 N–H and O–H groups in total. The van der Waals surface area contributed by atoms with Gasteiger partial charge in [-0.2, -0.15) is 0 Å². The van der Waals surface area contributed by atoms with Crippen LogP contribution in [0.2, 0.25) is 13.1 Å². The largest absolute Gasteiger partial charge is 0.395 e. The van der Waals surface area contributed by atoms with E-state index in [9.17, 15) is 0 Å². The molecule has 1 unspecified atom stereocenters. The van der Waals surface area contributed by atoms with Crippen LogP contribution in [-0.4, -0.2) is 21.3 Å². The summed E-state index contributed by atoms with van der Waals surface area (Å²) in [6.07, 6.45) is 26.6. The lowest BCUT2D eigenvalue weighted by atomic mass is 10.0. The molecule has 0 aromatic rings. The second-order valence-electron chi connectivity index (χ2n) is 9.62. The Morgan fingerprint density at radius 2 is 0.931 bits per heavy atom. The van der Waals surface area contributed by atoms with Gasteiger partial charge in [0.25, 0.3) is 0 Å². The third-order valence-electron chi connectivity index (χ3n) is 5.90. The maximum absolute atomic E-state index is 6.19. The minimum Gasteiger partial charge on any atom is -0.395 e. The summed E-state index contributed by atoms with van der Waals surface area (Å²) in [6, 6.07) is 0. The molecule has 176 valence electrons. The molecule has 0 heterocycles. The summed E-state index contributed by atoms with van der Waals surface area (Å²) in [5.41, 5.74) is 0. The third-order valence-corrected chi connectivity index (χ3v) is 7.77. The molecule has 0 aromatic carbocycles. The zero-order chi connectivity index (χ0) is 21.6. The molecule has 1 atom stereocenters. The molecule has 0 aliphatic heterocycles. The van der Waals surface area contributed by atoms with E-state index in [1.807, 2.05) is 0 Å². The molecule has 0 rings (SSSR count). The minimum absolute atomic E-state index is 0.349. The van der Waals surface area contributed by atoms with E-state index in [-0.39, 0.29) is 0 Å². The first kappa shape index (κ1) is 29.1. The Kier molecular flexibility index (Phi) is 21.5. The van der Waals surface area contributed by atoms with Crippen molar-refractivity contribution >= 4 is 8.56 Å². The van der Waals surface area contributed by atoms with Crippen LogP contribution in [0.25, 0.3) is 0 Å². The van der Waals surface area contributed by atoms with E-state index in [0.29, 0.717) is 6.10 Å². The number of rotatable bonds is 23. The summed E-state index contributed by atoms with van der Waals surface area (Å²) in [5.74, 6) is 0. The van der Waals surface area contributed by atoms with E-state index < -0.39 is 8.56 Å². The first-order valence-electron chi connectivity index (χ1n) is 13.3. The highest BCUT2D eigenvalue weighted by molar-refractivity contribution is 6.64. The molecule has 2 nitrogen and oxygen atoms in total. The number of hydrogen-bond acceptors (Lipinski definition) is 2. The smallest absolute Gasteiger partial charge is 0.331 e. The maximum atomic E-state index is 6.19. The molecule has 0 spiro atoms. The van der Waals surface area contributed by atoms with Gasteiger partial charge in [0, 0.05) is 12.7 Å². The molecule has 0 aliphatic rings. The molecular formula is C26H56O2Si. The monoisotopic (exact) mass is 428 g/mol. The van der Waals surface area contributed by atoms with E-state index in [1.165, 1.54) is 116 Å². The lowest BCUT2D eigenvalue weighted by molar-refractivity contribution is 0.122. The lowest BCUT2D eigenvalue weighted by Crippen LogP contribution is -2.38. The SMILES string of the molecule is CCCCCCCCCCCCCCCCCCO[Si](C)(C)OC(C)CCCC. The van der Waals surface area contributed by atoms with Crippen molar-refractivity contribution in [3.8, 4) is 0 Å². The summed E-state index contributed by atoms with van der Waals surface area (Å²) >= 11 is 0. The van der Waals surface area contributed by atoms with Crippen molar-refractivity contribution in [2.24, 2.45) is 0 Å². The third kappa shape index (κ3) is 22.6. The molecule has 0 fully saturated rings. The van der Waals surface area contributed by atoms with Crippen molar-refractivity contribution in [1.29, 1.82) is 0 Å². The van der Waals surface area contributed by atoms with Crippen LogP contribution in [0.4, 0.5) is 0 Å². The predicted octanol–water partition coefficient (Wildman–Crippen LogP) is 9.56. The van der Waals surface area contributed by atoms with Crippen molar-refractivity contribution in [2.75, 3.05) is 6.61 Å². The van der Waals surface area contributed by atoms with E-state index in [0.717, 1.165) is 13.0 Å². The molecular weight excluding hydrogens is 372 g/mol. The van der Waals surface area contributed by atoms with Gasteiger partial charge in [-0.05, 0) is 32.9 Å². The van der Waals surface area contributed by atoms with E-state index >= 15 is 0 Å². The Morgan fingerprint density at radius 1 is 0.552 bits per heavy atom. The first-order valence-corrected chi connectivity index (χ1v) is 16.1. The summed E-state index contributed by atoms with van der Waals surface area (Å²) in [7, 11) is -1.93. The van der Waals surface area contributed by atoms with Crippen molar-refractivity contribution in [3.05, 3.63) is 0 Å². The summed E-state index contributed by atoms with van der Waals surface area (Å²) in [5, 5.41) is 0. The van der Waals surface area contributed by atoms with Crippen molar-refractivity contribution < 1.29 is 8.85 Å². The van der Waals surface area contributed by atoms with Crippen LogP contribution in [-0.2, 0) is 8.85 Å². The molecule has 0 radical (unpaired) electrons. The number of hydrogen-bond donors (Lipinski definition) is 0. The Balaban J connectivity index is 3.29. The topological polar surface area (TPSA) is 18.5 Å². The van der Waals surface area contributed by atoms with Gasteiger partial charge in [0.1, 0.15) is 0 Å². The summed E-state index contributed by atoms with van der Waals surface area (Å²) in [6.45, 7) is 12.0. The Bertz CT molecular complexity index is 320. The highest BCUT2D eigenvalue weighted by atomic mass is 28.4. The number of unbranched alkanes of at least 4 members (excludes halogenated alkanes) is 16. The van der Waals surface area contributed by atoms with Crippen molar-refractivity contribution in [3.63, 3.8) is 0 Å². The van der Waals surface area contributed by atoms with Gasteiger partial charge in [0.05, 0.1) is 0 Å². The van der Waals surface area contributed by atoms with E-state index in [2.05, 4.69) is 33.9 Å². The van der Waals surface area contributed by atoms with Crippen LogP contribution in [0.3, 0.4) is 0 Å². The molecule has 0 amide bonds.